The minimum atomic E-state index is 0.310. The molecule has 1 heterocycles. The van der Waals surface area contributed by atoms with Gasteiger partial charge in [-0.15, -0.1) is 0 Å². The zero-order valence-electron chi connectivity index (χ0n) is 6.16. The third kappa shape index (κ3) is 1.23. The molecule has 0 aromatic carbocycles. The fourth-order valence-electron chi connectivity index (χ4n) is 1.11. The molecule has 1 aliphatic rings. The van der Waals surface area contributed by atoms with Crippen molar-refractivity contribution in [1.29, 1.82) is 0 Å². The molecule has 0 saturated carbocycles. The van der Waals surface area contributed by atoms with Gasteiger partial charge in [0.2, 0.25) is 0 Å². The second-order valence-electron chi connectivity index (χ2n) is 2.93. The highest BCUT2D eigenvalue weighted by Crippen LogP contribution is 2.19. The Kier molecular flexibility index (Phi) is 1.74. The molecule has 0 bridgehead atoms. The summed E-state index contributed by atoms with van der Waals surface area (Å²) < 4.78 is 0. The first kappa shape index (κ1) is 6.59. The summed E-state index contributed by atoms with van der Waals surface area (Å²) in [6.45, 7) is 6.42. The first-order chi connectivity index (χ1) is 4.22. The van der Waals surface area contributed by atoms with Gasteiger partial charge in [0.25, 0.3) is 0 Å². The first-order valence-corrected chi connectivity index (χ1v) is 3.41. The van der Waals surface area contributed by atoms with Crippen LogP contribution in [0.1, 0.15) is 20.8 Å². The van der Waals surface area contributed by atoms with Gasteiger partial charge in [0.15, 0.2) is 0 Å². The van der Waals surface area contributed by atoms with E-state index in [0.717, 1.165) is 0 Å². The van der Waals surface area contributed by atoms with E-state index in [4.69, 9.17) is 4.84 Å². The third-order valence-electron chi connectivity index (χ3n) is 1.65. The Labute approximate surface area is 55.9 Å². The average Bonchev–Trinajstić information content (AvgIpc) is 2.13. The molecule has 2 heteroatoms. The van der Waals surface area contributed by atoms with E-state index in [1.807, 2.05) is 6.21 Å². The fourth-order valence-corrected chi connectivity index (χ4v) is 1.11. The minimum Gasteiger partial charge on any atom is -0.392 e. The minimum absolute atomic E-state index is 0.310. The summed E-state index contributed by atoms with van der Waals surface area (Å²) in [5.74, 6) is 1.06. The highest BCUT2D eigenvalue weighted by atomic mass is 16.6. The number of rotatable bonds is 1. The topological polar surface area (TPSA) is 21.6 Å². The maximum absolute atomic E-state index is 5.10. The zero-order valence-corrected chi connectivity index (χ0v) is 6.16. The lowest BCUT2D eigenvalue weighted by molar-refractivity contribution is 0.0320. The lowest BCUT2D eigenvalue weighted by Gasteiger charge is -2.15. The zero-order chi connectivity index (χ0) is 6.85. The second-order valence-corrected chi connectivity index (χ2v) is 2.93. The van der Waals surface area contributed by atoms with Gasteiger partial charge in [-0.2, -0.15) is 0 Å². The van der Waals surface area contributed by atoms with E-state index < -0.39 is 0 Å². The predicted octanol–water partition coefficient (Wildman–Crippen LogP) is 1.66. The maximum atomic E-state index is 5.10. The molecule has 0 aliphatic carbocycles. The highest BCUT2D eigenvalue weighted by Gasteiger charge is 2.25. The molecule has 0 spiro atoms. The van der Waals surface area contributed by atoms with E-state index in [0.29, 0.717) is 17.9 Å². The Morgan fingerprint density at radius 3 is 2.44 bits per heavy atom. The molecule has 2 nitrogen and oxygen atoms in total. The van der Waals surface area contributed by atoms with Crippen molar-refractivity contribution in [2.24, 2.45) is 17.0 Å². The molecule has 0 amide bonds. The summed E-state index contributed by atoms with van der Waals surface area (Å²) in [6.07, 6.45) is 2.18. The SMILES string of the molecule is CC(C)C1ON=CC1C. The van der Waals surface area contributed by atoms with Gasteiger partial charge in [-0.3, -0.25) is 0 Å². The van der Waals surface area contributed by atoms with Crippen molar-refractivity contribution in [1.82, 2.24) is 0 Å². The van der Waals surface area contributed by atoms with Gasteiger partial charge in [0.1, 0.15) is 6.10 Å². The van der Waals surface area contributed by atoms with Gasteiger partial charge in [0.05, 0.1) is 6.21 Å². The Balaban J connectivity index is 2.45. The van der Waals surface area contributed by atoms with E-state index in [2.05, 4.69) is 25.9 Å². The van der Waals surface area contributed by atoms with Crippen LogP contribution in [0.25, 0.3) is 0 Å². The summed E-state index contributed by atoms with van der Waals surface area (Å²) in [4.78, 5) is 5.10. The lowest BCUT2D eigenvalue weighted by Crippen LogP contribution is -2.21. The summed E-state index contributed by atoms with van der Waals surface area (Å²) >= 11 is 0. The van der Waals surface area contributed by atoms with Crippen molar-refractivity contribution in [2.75, 3.05) is 0 Å². The monoisotopic (exact) mass is 127 g/mol. The van der Waals surface area contributed by atoms with Crippen molar-refractivity contribution in [3.63, 3.8) is 0 Å². The van der Waals surface area contributed by atoms with Crippen LogP contribution in [-0.4, -0.2) is 12.3 Å². The van der Waals surface area contributed by atoms with Crippen LogP contribution in [0.5, 0.6) is 0 Å². The van der Waals surface area contributed by atoms with Gasteiger partial charge in [-0.1, -0.05) is 25.9 Å². The molecule has 0 aromatic rings. The molecule has 0 fully saturated rings. The fraction of sp³-hybridized carbons (Fsp3) is 0.857. The number of hydrogen-bond acceptors (Lipinski definition) is 2. The van der Waals surface area contributed by atoms with Crippen LogP contribution in [0, 0.1) is 11.8 Å². The number of oxime groups is 1. The van der Waals surface area contributed by atoms with Gasteiger partial charge in [-0.05, 0) is 5.92 Å². The van der Waals surface area contributed by atoms with Crippen LogP contribution in [-0.2, 0) is 4.84 Å². The molecular weight excluding hydrogens is 114 g/mol. The number of hydrogen-bond donors (Lipinski definition) is 0. The van der Waals surface area contributed by atoms with Crippen molar-refractivity contribution >= 4 is 6.21 Å². The smallest absolute Gasteiger partial charge is 0.137 e. The van der Waals surface area contributed by atoms with E-state index in [-0.39, 0.29) is 0 Å². The molecule has 9 heavy (non-hydrogen) atoms. The van der Waals surface area contributed by atoms with Crippen LogP contribution >= 0.6 is 0 Å². The Bertz CT molecular complexity index is 120. The highest BCUT2D eigenvalue weighted by molar-refractivity contribution is 5.61. The predicted molar refractivity (Wildman–Crippen MR) is 37.4 cm³/mol. The van der Waals surface area contributed by atoms with Crippen LogP contribution in [0.15, 0.2) is 5.16 Å². The Morgan fingerprint density at radius 2 is 2.22 bits per heavy atom. The van der Waals surface area contributed by atoms with Crippen LogP contribution in [0.3, 0.4) is 0 Å². The average molecular weight is 127 g/mol. The van der Waals surface area contributed by atoms with Crippen molar-refractivity contribution in [3.05, 3.63) is 0 Å². The van der Waals surface area contributed by atoms with Crippen molar-refractivity contribution < 1.29 is 4.84 Å². The van der Waals surface area contributed by atoms with Crippen molar-refractivity contribution in [3.8, 4) is 0 Å². The second kappa shape index (κ2) is 2.38. The van der Waals surface area contributed by atoms with E-state index in [9.17, 15) is 0 Å². The molecule has 0 saturated heterocycles. The van der Waals surface area contributed by atoms with E-state index >= 15 is 0 Å². The van der Waals surface area contributed by atoms with Crippen molar-refractivity contribution in [2.45, 2.75) is 26.9 Å². The molecule has 0 N–H and O–H groups in total. The lowest BCUT2D eigenvalue weighted by atomic mass is 9.97. The summed E-state index contributed by atoms with van der Waals surface area (Å²) in [6, 6.07) is 0. The molecule has 1 aliphatic heterocycles. The molecule has 52 valence electrons. The quantitative estimate of drug-likeness (QED) is 0.525. The summed E-state index contributed by atoms with van der Waals surface area (Å²) in [5.41, 5.74) is 0. The Morgan fingerprint density at radius 1 is 1.56 bits per heavy atom. The third-order valence-corrected chi connectivity index (χ3v) is 1.65. The molecular formula is C7H13NO. The van der Waals surface area contributed by atoms with E-state index in [1.165, 1.54) is 0 Å². The van der Waals surface area contributed by atoms with Gasteiger partial charge >= 0.3 is 0 Å². The molecule has 0 aromatic heterocycles. The Hall–Kier alpha value is -0.530. The van der Waals surface area contributed by atoms with Crippen LogP contribution in [0.4, 0.5) is 0 Å². The summed E-state index contributed by atoms with van der Waals surface area (Å²) in [7, 11) is 0. The molecule has 0 radical (unpaired) electrons. The maximum Gasteiger partial charge on any atom is 0.137 e. The van der Waals surface area contributed by atoms with Crippen LogP contribution < -0.4 is 0 Å². The summed E-state index contributed by atoms with van der Waals surface area (Å²) in [5, 5.41) is 3.74. The largest absolute Gasteiger partial charge is 0.392 e. The standard InChI is InChI=1S/C7H13NO/c1-5(2)7-6(3)4-8-9-7/h4-7H,1-3H3. The number of nitrogens with zero attached hydrogens (tertiary/aromatic N) is 1. The molecule has 2 unspecified atom stereocenters. The molecule has 1 rings (SSSR count). The van der Waals surface area contributed by atoms with Crippen LogP contribution in [0.2, 0.25) is 0 Å². The van der Waals surface area contributed by atoms with Gasteiger partial charge in [0, 0.05) is 5.92 Å². The van der Waals surface area contributed by atoms with Gasteiger partial charge in [-0.25, -0.2) is 0 Å². The van der Waals surface area contributed by atoms with Gasteiger partial charge < -0.3 is 4.84 Å². The van der Waals surface area contributed by atoms with E-state index in [1.54, 1.807) is 0 Å². The molecule has 2 atom stereocenters. The normalized spacial score (nSPS) is 33.3. The first-order valence-electron chi connectivity index (χ1n) is 3.41.